The molecule has 0 aliphatic rings. The summed E-state index contributed by atoms with van der Waals surface area (Å²) in [5.41, 5.74) is 1.65. The van der Waals surface area contributed by atoms with E-state index in [1.807, 2.05) is 25.1 Å². The van der Waals surface area contributed by atoms with Gasteiger partial charge in [0.2, 0.25) is 0 Å². The van der Waals surface area contributed by atoms with Crippen LogP contribution in [0.25, 0.3) is 0 Å². The van der Waals surface area contributed by atoms with Crippen molar-refractivity contribution in [2.45, 2.75) is 26.6 Å². The van der Waals surface area contributed by atoms with Crippen LogP contribution in [-0.4, -0.2) is 22.2 Å². The number of hydrogen-bond acceptors (Lipinski definition) is 3. The Morgan fingerprint density at radius 2 is 2.36 bits per heavy atom. The molecule has 0 saturated heterocycles. The van der Waals surface area contributed by atoms with Crippen LogP contribution < -0.4 is 0 Å². The van der Waals surface area contributed by atoms with E-state index in [2.05, 4.69) is 4.98 Å². The van der Waals surface area contributed by atoms with Gasteiger partial charge in [0.25, 0.3) is 0 Å². The van der Waals surface area contributed by atoms with Gasteiger partial charge in [-0.3, -0.25) is 4.98 Å². The summed E-state index contributed by atoms with van der Waals surface area (Å²) in [6.07, 6.45) is -0.794. The molecule has 1 N–H and O–H groups in total. The normalized spacial score (nSPS) is 12.4. The Morgan fingerprint density at radius 3 is 2.93 bits per heavy atom. The lowest BCUT2D eigenvalue weighted by Gasteiger charge is -2.07. The van der Waals surface area contributed by atoms with Crippen LogP contribution in [-0.2, 0) is 16.1 Å². The van der Waals surface area contributed by atoms with Crippen LogP contribution in [0, 0.1) is 6.92 Å². The molecular weight excluding hydrogens is 182 g/mol. The Morgan fingerprint density at radius 1 is 1.64 bits per heavy atom. The van der Waals surface area contributed by atoms with Crippen molar-refractivity contribution < 1.29 is 14.6 Å². The zero-order valence-electron chi connectivity index (χ0n) is 8.23. The Hall–Kier alpha value is -1.42. The zero-order valence-corrected chi connectivity index (χ0v) is 8.23. The highest BCUT2D eigenvalue weighted by molar-refractivity contribution is 5.71. The molecule has 1 aromatic heterocycles. The minimum Gasteiger partial charge on any atom is -0.479 e. The summed E-state index contributed by atoms with van der Waals surface area (Å²) in [5, 5.41) is 8.57. The second kappa shape index (κ2) is 4.72. The fourth-order valence-electron chi connectivity index (χ4n) is 0.962. The highest BCUT2D eigenvalue weighted by Crippen LogP contribution is 2.02. The first-order valence-electron chi connectivity index (χ1n) is 4.36. The molecule has 0 aromatic carbocycles. The van der Waals surface area contributed by atoms with E-state index in [0.29, 0.717) is 0 Å². The summed E-state index contributed by atoms with van der Waals surface area (Å²) in [6, 6.07) is 5.55. The quantitative estimate of drug-likeness (QED) is 0.788. The van der Waals surface area contributed by atoms with Gasteiger partial charge in [-0.25, -0.2) is 4.79 Å². The lowest BCUT2D eigenvalue weighted by atomic mass is 10.3. The summed E-state index contributed by atoms with van der Waals surface area (Å²) in [4.78, 5) is 14.6. The second-order valence-electron chi connectivity index (χ2n) is 3.06. The summed E-state index contributed by atoms with van der Waals surface area (Å²) < 4.78 is 5.08. The summed E-state index contributed by atoms with van der Waals surface area (Å²) in [5.74, 6) is -0.961. The van der Waals surface area contributed by atoms with E-state index in [9.17, 15) is 4.79 Å². The largest absolute Gasteiger partial charge is 0.479 e. The van der Waals surface area contributed by atoms with Crippen molar-refractivity contribution in [3.63, 3.8) is 0 Å². The second-order valence-corrected chi connectivity index (χ2v) is 3.06. The molecule has 1 atom stereocenters. The summed E-state index contributed by atoms with van der Waals surface area (Å²) in [6.45, 7) is 3.61. The Labute approximate surface area is 82.5 Å². The van der Waals surface area contributed by atoms with E-state index in [1.54, 1.807) is 0 Å². The standard InChI is InChI=1S/C10H13NO3/c1-7-4-3-5-9(11-7)6-14-8(2)10(12)13/h3-5,8H,6H2,1-2H3,(H,12,13). The number of nitrogens with zero attached hydrogens (tertiary/aromatic N) is 1. The van der Waals surface area contributed by atoms with Gasteiger partial charge in [0.15, 0.2) is 6.10 Å². The van der Waals surface area contributed by atoms with Crippen molar-refractivity contribution in [3.05, 3.63) is 29.6 Å². The highest BCUT2D eigenvalue weighted by atomic mass is 16.5. The first kappa shape index (κ1) is 10.7. The third-order valence-corrected chi connectivity index (χ3v) is 1.77. The van der Waals surface area contributed by atoms with Crippen LogP contribution in [0.5, 0.6) is 0 Å². The van der Waals surface area contributed by atoms with Crippen LogP contribution in [0.15, 0.2) is 18.2 Å². The molecule has 1 heterocycles. The Balaban J connectivity index is 2.49. The predicted octanol–water partition coefficient (Wildman–Crippen LogP) is 1.38. The van der Waals surface area contributed by atoms with Crippen molar-refractivity contribution in [3.8, 4) is 0 Å². The molecule has 76 valence electrons. The van der Waals surface area contributed by atoms with Gasteiger partial charge in [-0.15, -0.1) is 0 Å². The van der Waals surface area contributed by atoms with Gasteiger partial charge in [-0.05, 0) is 26.0 Å². The average molecular weight is 195 g/mol. The number of carbonyl (C=O) groups is 1. The maximum atomic E-state index is 10.4. The summed E-state index contributed by atoms with van der Waals surface area (Å²) in [7, 11) is 0. The topological polar surface area (TPSA) is 59.4 Å². The van der Waals surface area contributed by atoms with Crippen molar-refractivity contribution >= 4 is 5.97 Å². The first-order valence-corrected chi connectivity index (χ1v) is 4.36. The van der Waals surface area contributed by atoms with E-state index in [1.165, 1.54) is 6.92 Å². The van der Waals surface area contributed by atoms with Crippen molar-refractivity contribution in [1.82, 2.24) is 4.98 Å². The van der Waals surface area contributed by atoms with Gasteiger partial charge in [0.1, 0.15) is 0 Å². The Bertz CT molecular complexity index is 325. The number of rotatable bonds is 4. The number of ether oxygens (including phenoxy) is 1. The fourth-order valence-corrected chi connectivity index (χ4v) is 0.962. The van der Waals surface area contributed by atoms with Crippen LogP contribution >= 0.6 is 0 Å². The third kappa shape index (κ3) is 3.14. The number of pyridine rings is 1. The molecule has 4 nitrogen and oxygen atoms in total. The molecule has 0 aliphatic heterocycles. The highest BCUT2D eigenvalue weighted by Gasteiger charge is 2.10. The molecule has 0 fully saturated rings. The maximum Gasteiger partial charge on any atom is 0.332 e. The van der Waals surface area contributed by atoms with Crippen LogP contribution in [0.1, 0.15) is 18.3 Å². The molecule has 0 radical (unpaired) electrons. The lowest BCUT2D eigenvalue weighted by molar-refractivity contribution is -0.149. The molecule has 0 amide bonds. The molecule has 4 heteroatoms. The molecular formula is C10H13NO3. The maximum absolute atomic E-state index is 10.4. The minimum absolute atomic E-state index is 0.231. The van der Waals surface area contributed by atoms with E-state index in [-0.39, 0.29) is 6.61 Å². The molecule has 1 rings (SSSR count). The smallest absolute Gasteiger partial charge is 0.332 e. The number of carboxylic acids is 1. The van der Waals surface area contributed by atoms with E-state index in [0.717, 1.165) is 11.4 Å². The molecule has 0 bridgehead atoms. The van der Waals surface area contributed by atoms with Gasteiger partial charge < -0.3 is 9.84 Å². The van der Waals surface area contributed by atoms with E-state index >= 15 is 0 Å². The van der Waals surface area contributed by atoms with Crippen molar-refractivity contribution in [2.75, 3.05) is 0 Å². The number of carboxylic acid groups (broad SMARTS) is 1. The van der Waals surface area contributed by atoms with Crippen molar-refractivity contribution in [2.24, 2.45) is 0 Å². The number of hydrogen-bond donors (Lipinski definition) is 1. The van der Waals surface area contributed by atoms with Crippen LogP contribution in [0.3, 0.4) is 0 Å². The molecule has 1 aromatic rings. The molecule has 0 spiro atoms. The fraction of sp³-hybridized carbons (Fsp3) is 0.400. The minimum atomic E-state index is -0.961. The predicted molar refractivity (Wildman–Crippen MR) is 50.9 cm³/mol. The van der Waals surface area contributed by atoms with Gasteiger partial charge >= 0.3 is 5.97 Å². The number of aryl methyl sites for hydroxylation is 1. The van der Waals surface area contributed by atoms with Gasteiger partial charge in [-0.2, -0.15) is 0 Å². The van der Waals surface area contributed by atoms with Crippen molar-refractivity contribution in [1.29, 1.82) is 0 Å². The molecule has 14 heavy (non-hydrogen) atoms. The van der Waals surface area contributed by atoms with E-state index < -0.39 is 12.1 Å². The number of aliphatic carboxylic acids is 1. The molecule has 1 unspecified atom stereocenters. The number of aromatic nitrogens is 1. The third-order valence-electron chi connectivity index (χ3n) is 1.77. The van der Waals surface area contributed by atoms with E-state index in [4.69, 9.17) is 9.84 Å². The summed E-state index contributed by atoms with van der Waals surface area (Å²) >= 11 is 0. The average Bonchev–Trinajstić information content (AvgIpc) is 2.14. The van der Waals surface area contributed by atoms with Gasteiger partial charge in [0.05, 0.1) is 12.3 Å². The Kier molecular flexibility index (Phi) is 3.59. The molecule has 0 aliphatic carbocycles. The SMILES string of the molecule is Cc1cccc(COC(C)C(=O)O)n1. The molecule has 0 saturated carbocycles. The van der Waals surface area contributed by atoms with Crippen LogP contribution in [0.2, 0.25) is 0 Å². The van der Waals surface area contributed by atoms with Crippen LogP contribution in [0.4, 0.5) is 0 Å². The van der Waals surface area contributed by atoms with Gasteiger partial charge in [0, 0.05) is 5.69 Å². The van der Waals surface area contributed by atoms with Gasteiger partial charge in [-0.1, -0.05) is 6.07 Å². The lowest BCUT2D eigenvalue weighted by Crippen LogP contribution is -2.19. The monoisotopic (exact) mass is 195 g/mol. The first-order chi connectivity index (χ1) is 6.59. The zero-order chi connectivity index (χ0) is 10.6.